The number of rotatable bonds is 10. The molecule has 12 heteroatoms. The van der Waals surface area contributed by atoms with Crippen LogP contribution in [0.15, 0.2) is 71.8 Å². The standard InChI is InChI=1S/C28H29FN6O3S2.C2H6/c1-16-12-13-17(15-23(30)33-27-32-19-8-3-5-10-21(19)39-27)25(31)35(16)28-34-24(26(36)37)22(40-28)11-6-14-38-20-9-4-2-7-18(20)29;1-2/h2-5,7-10,15-16H,6,11-14,30-31H2,1H3,(H,32,33)(H,36,37);1-2H3/b23-15+;. The predicted molar refractivity (Wildman–Crippen MR) is 169 cm³/mol. The van der Waals surface area contributed by atoms with Crippen LogP contribution in [0.4, 0.5) is 14.7 Å². The lowest BCUT2D eigenvalue weighted by Crippen LogP contribution is -2.40. The Hall–Kier alpha value is -4.16. The molecular weight excluding hydrogens is 576 g/mol. The summed E-state index contributed by atoms with van der Waals surface area (Å²) in [6.07, 6.45) is 4.22. The Kier molecular flexibility index (Phi) is 10.4. The molecule has 0 bridgehead atoms. The van der Waals surface area contributed by atoms with Crippen LogP contribution >= 0.6 is 22.7 Å². The van der Waals surface area contributed by atoms with Crippen molar-refractivity contribution in [3.8, 4) is 5.75 Å². The molecule has 42 heavy (non-hydrogen) atoms. The Labute approximate surface area is 252 Å². The van der Waals surface area contributed by atoms with E-state index in [0.29, 0.717) is 46.0 Å². The lowest BCUT2D eigenvalue weighted by Gasteiger charge is -2.34. The summed E-state index contributed by atoms with van der Waals surface area (Å²) in [5, 5.41) is 14.1. The molecule has 9 nitrogen and oxygen atoms in total. The highest BCUT2D eigenvalue weighted by atomic mass is 32.1. The zero-order chi connectivity index (χ0) is 30.2. The van der Waals surface area contributed by atoms with E-state index >= 15 is 0 Å². The van der Waals surface area contributed by atoms with E-state index in [-0.39, 0.29) is 24.1 Å². The average molecular weight is 611 g/mol. The summed E-state index contributed by atoms with van der Waals surface area (Å²) in [6.45, 7) is 6.27. The molecule has 2 aromatic heterocycles. The highest BCUT2D eigenvalue weighted by Crippen LogP contribution is 2.36. The Balaban J connectivity index is 0.00000198. The molecule has 0 fully saturated rings. The molecule has 6 N–H and O–H groups in total. The third kappa shape index (κ3) is 7.18. The van der Waals surface area contributed by atoms with Gasteiger partial charge in [0.25, 0.3) is 0 Å². The van der Waals surface area contributed by atoms with Gasteiger partial charge >= 0.3 is 5.97 Å². The largest absolute Gasteiger partial charge is 0.491 e. The summed E-state index contributed by atoms with van der Waals surface area (Å²) in [5.41, 5.74) is 14.6. The molecule has 5 rings (SSSR count). The smallest absolute Gasteiger partial charge is 0.355 e. The molecule has 4 aromatic rings. The number of carboxylic acid groups (broad SMARTS) is 1. The van der Waals surface area contributed by atoms with E-state index in [1.807, 2.05) is 49.9 Å². The van der Waals surface area contributed by atoms with Gasteiger partial charge in [-0.15, -0.1) is 11.3 Å². The van der Waals surface area contributed by atoms with Crippen LogP contribution in [0.3, 0.4) is 0 Å². The number of para-hydroxylation sites is 2. The highest BCUT2D eigenvalue weighted by Gasteiger charge is 2.29. The van der Waals surface area contributed by atoms with E-state index in [1.165, 1.54) is 28.7 Å². The molecule has 0 saturated carbocycles. The Morgan fingerprint density at radius 3 is 2.67 bits per heavy atom. The van der Waals surface area contributed by atoms with Gasteiger partial charge in [-0.3, -0.25) is 0 Å². The Morgan fingerprint density at radius 2 is 1.93 bits per heavy atom. The van der Waals surface area contributed by atoms with E-state index in [1.54, 1.807) is 24.3 Å². The number of aryl methyl sites for hydroxylation is 1. The van der Waals surface area contributed by atoms with Crippen molar-refractivity contribution in [3.05, 3.63) is 88.2 Å². The summed E-state index contributed by atoms with van der Waals surface area (Å²) in [7, 11) is 0. The third-order valence-electron chi connectivity index (χ3n) is 6.47. The van der Waals surface area contributed by atoms with Crippen molar-refractivity contribution in [1.29, 1.82) is 0 Å². The molecule has 222 valence electrons. The van der Waals surface area contributed by atoms with E-state index in [4.69, 9.17) is 16.2 Å². The molecule has 0 radical (unpaired) electrons. The van der Waals surface area contributed by atoms with Gasteiger partial charge in [0.2, 0.25) is 0 Å². The van der Waals surface area contributed by atoms with Crippen LogP contribution in [0.1, 0.15) is 55.4 Å². The topological polar surface area (TPSA) is 140 Å². The van der Waals surface area contributed by atoms with Gasteiger partial charge in [-0.2, -0.15) is 0 Å². The molecule has 1 aliphatic heterocycles. The van der Waals surface area contributed by atoms with Crippen molar-refractivity contribution in [2.24, 2.45) is 11.5 Å². The number of aromatic nitrogens is 2. The summed E-state index contributed by atoms with van der Waals surface area (Å²) in [4.78, 5) is 23.5. The maximum Gasteiger partial charge on any atom is 0.355 e. The minimum atomic E-state index is -1.11. The van der Waals surface area contributed by atoms with Crippen molar-refractivity contribution >= 4 is 49.1 Å². The average Bonchev–Trinajstić information content (AvgIpc) is 3.58. The number of ether oxygens (including phenoxy) is 1. The van der Waals surface area contributed by atoms with E-state index < -0.39 is 11.8 Å². The molecule has 0 amide bonds. The minimum Gasteiger partial charge on any atom is -0.491 e. The first-order valence-electron chi connectivity index (χ1n) is 13.8. The first-order valence-corrected chi connectivity index (χ1v) is 15.4. The normalized spacial score (nSPS) is 15.4. The number of carboxylic acids is 1. The van der Waals surface area contributed by atoms with Crippen molar-refractivity contribution in [2.75, 3.05) is 16.8 Å². The minimum absolute atomic E-state index is 0.00873. The fourth-order valence-electron chi connectivity index (χ4n) is 4.48. The van der Waals surface area contributed by atoms with Crippen LogP contribution in [-0.4, -0.2) is 33.7 Å². The fourth-order valence-corrected chi connectivity index (χ4v) is 6.58. The summed E-state index contributed by atoms with van der Waals surface area (Å²) in [6, 6.07) is 14.0. The molecule has 1 aliphatic rings. The molecule has 0 aliphatic carbocycles. The zero-order valence-electron chi connectivity index (χ0n) is 23.8. The number of allylic oxidation sites excluding steroid dienone is 2. The van der Waals surface area contributed by atoms with Gasteiger partial charge in [0.1, 0.15) is 11.6 Å². The number of nitrogens with one attached hydrogen (secondary N) is 1. The number of benzene rings is 2. The molecule has 3 heterocycles. The quantitative estimate of drug-likeness (QED) is 0.144. The lowest BCUT2D eigenvalue weighted by molar-refractivity contribution is 0.0690. The summed E-state index contributed by atoms with van der Waals surface area (Å²) < 4.78 is 20.4. The number of nitrogens with zero attached hydrogens (tertiary/aromatic N) is 3. The van der Waals surface area contributed by atoms with Crippen molar-refractivity contribution in [3.63, 3.8) is 0 Å². The van der Waals surface area contributed by atoms with Gasteiger partial charge in [-0.05, 0) is 68.5 Å². The molecule has 1 atom stereocenters. The van der Waals surface area contributed by atoms with Crippen LogP contribution in [0, 0.1) is 5.82 Å². The second-order valence-corrected chi connectivity index (χ2v) is 11.4. The van der Waals surface area contributed by atoms with Gasteiger partial charge < -0.3 is 31.5 Å². The predicted octanol–water partition coefficient (Wildman–Crippen LogP) is 6.70. The number of hydrogen-bond donors (Lipinski definition) is 4. The summed E-state index contributed by atoms with van der Waals surface area (Å²) in [5.74, 6) is -0.483. The first kappa shape index (κ1) is 30.8. The Morgan fingerprint density at radius 1 is 1.19 bits per heavy atom. The second kappa shape index (κ2) is 14.1. The molecular formula is C30H35FN6O3S2. The van der Waals surface area contributed by atoms with E-state index in [0.717, 1.165) is 22.2 Å². The molecule has 1 unspecified atom stereocenters. The van der Waals surface area contributed by atoms with Crippen LogP contribution in [-0.2, 0) is 6.42 Å². The lowest BCUT2D eigenvalue weighted by atomic mass is 10.00. The number of fused-ring (bicyclic) bond motifs is 1. The van der Waals surface area contributed by atoms with Crippen molar-refractivity contribution < 1.29 is 19.0 Å². The summed E-state index contributed by atoms with van der Waals surface area (Å²) >= 11 is 2.80. The molecule has 0 spiro atoms. The van der Waals surface area contributed by atoms with Crippen molar-refractivity contribution in [1.82, 2.24) is 9.97 Å². The number of nitrogens with two attached hydrogens (primary N) is 2. The van der Waals surface area contributed by atoms with Gasteiger partial charge in [-0.1, -0.05) is 49.4 Å². The second-order valence-electron chi connectivity index (χ2n) is 9.34. The SMILES string of the molecule is CC.CC1CCC(/C=C(\N)Nc2nc3ccccc3s2)=C(N)N1c1nc(C(=O)O)c(CCCOc2ccccc2F)s1. The third-order valence-corrected chi connectivity index (χ3v) is 8.54. The van der Waals surface area contributed by atoms with Gasteiger partial charge in [0, 0.05) is 10.9 Å². The number of halogens is 1. The van der Waals surface area contributed by atoms with Crippen LogP contribution in [0.25, 0.3) is 10.2 Å². The maximum absolute atomic E-state index is 13.8. The Bertz CT molecular complexity index is 1570. The monoisotopic (exact) mass is 610 g/mol. The number of anilines is 2. The maximum atomic E-state index is 13.8. The highest BCUT2D eigenvalue weighted by molar-refractivity contribution is 7.22. The number of hydrogen-bond acceptors (Lipinski definition) is 10. The van der Waals surface area contributed by atoms with Gasteiger partial charge in [0.05, 0.1) is 16.8 Å². The number of carbonyl (C=O) groups is 1. The van der Waals surface area contributed by atoms with Gasteiger partial charge in [-0.25, -0.2) is 19.2 Å². The first-order chi connectivity index (χ1) is 20.3. The zero-order valence-corrected chi connectivity index (χ0v) is 25.4. The number of aromatic carboxylic acids is 1. The molecule has 2 aromatic carbocycles. The number of thiazole rings is 2. The van der Waals surface area contributed by atoms with E-state index in [2.05, 4.69) is 15.3 Å². The molecule has 0 saturated heterocycles. The van der Waals surface area contributed by atoms with Gasteiger partial charge in [0.15, 0.2) is 27.5 Å². The van der Waals surface area contributed by atoms with E-state index in [9.17, 15) is 14.3 Å². The fraction of sp³-hybridized carbons (Fsp3) is 0.300. The van der Waals surface area contributed by atoms with Crippen LogP contribution < -0.4 is 26.4 Å². The van der Waals surface area contributed by atoms with Crippen molar-refractivity contribution in [2.45, 2.75) is 52.5 Å². The van der Waals surface area contributed by atoms with Crippen LogP contribution in [0.5, 0.6) is 5.75 Å². The van der Waals surface area contributed by atoms with Crippen LogP contribution in [0.2, 0.25) is 0 Å².